The van der Waals surface area contributed by atoms with Gasteiger partial charge in [0.2, 0.25) is 0 Å². The van der Waals surface area contributed by atoms with E-state index in [1.165, 1.54) is 0 Å². The molecular formula is C11H15N3O2. The van der Waals surface area contributed by atoms with Gasteiger partial charge in [-0.25, -0.2) is 9.97 Å². The Morgan fingerprint density at radius 3 is 2.94 bits per heavy atom. The summed E-state index contributed by atoms with van der Waals surface area (Å²) in [5.74, 6) is -0.125. The minimum Gasteiger partial charge on any atom is -0.481 e. The summed E-state index contributed by atoms with van der Waals surface area (Å²) < 4.78 is 0. The topological polar surface area (TPSA) is 66.3 Å². The Morgan fingerprint density at radius 1 is 1.56 bits per heavy atom. The van der Waals surface area contributed by atoms with E-state index >= 15 is 0 Å². The zero-order valence-electron chi connectivity index (χ0n) is 9.26. The van der Waals surface area contributed by atoms with Gasteiger partial charge in [-0.2, -0.15) is 0 Å². The lowest BCUT2D eigenvalue weighted by Crippen LogP contribution is -2.50. The Hall–Kier alpha value is -1.65. The van der Waals surface area contributed by atoms with Crippen molar-refractivity contribution >= 4 is 11.8 Å². The third kappa shape index (κ3) is 2.13. The summed E-state index contributed by atoms with van der Waals surface area (Å²) in [5, 5.41) is 8.78. The number of hydrogen-bond acceptors (Lipinski definition) is 4. The highest BCUT2D eigenvalue weighted by atomic mass is 16.4. The van der Waals surface area contributed by atoms with Gasteiger partial charge in [0, 0.05) is 24.8 Å². The maximum Gasteiger partial charge on any atom is 0.310 e. The molecular weight excluding hydrogens is 206 g/mol. The third-order valence-corrected chi connectivity index (χ3v) is 2.77. The zero-order valence-corrected chi connectivity index (χ0v) is 9.26. The predicted octanol–water partition coefficient (Wildman–Crippen LogP) is 0.950. The minimum atomic E-state index is -0.723. The molecule has 1 aromatic heterocycles. The van der Waals surface area contributed by atoms with Gasteiger partial charge >= 0.3 is 5.97 Å². The lowest BCUT2D eigenvalue weighted by Gasteiger charge is -2.37. The van der Waals surface area contributed by atoms with Gasteiger partial charge in [-0.3, -0.25) is 4.79 Å². The second kappa shape index (κ2) is 4.47. The summed E-state index contributed by atoms with van der Waals surface area (Å²) >= 11 is 0. The van der Waals surface area contributed by atoms with Crippen LogP contribution in [0.4, 0.5) is 5.82 Å². The Bertz CT molecular complexity index is 389. The van der Waals surface area contributed by atoms with Crippen LogP contribution in [0.5, 0.6) is 0 Å². The van der Waals surface area contributed by atoms with Crippen LogP contribution >= 0.6 is 0 Å². The van der Waals surface area contributed by atoms with Crippen molar-refractivity contribution in [1.29, 1.82) is 0 Å². The molecule has 1 aromatic rings. The molecule has 1 fully saturated rings. The van der Waals surface area contributed by atoms with E-state index in [2.05, 4.69) is 16.9 Å². The summed E-state index contributed by atoms with van der Waals surface area (Å²) in [7, 11) is 0. The van der Waals surface area contributed by atoms with Crippen LogP contribution < -0.4 is 4.90 Å². The first kappa shape index (κ1) is 10.9. The van der Waals surface area contributed by atoms with Crippen molar-refractivity contribution in [3.63, 3.8) is 0 Å². The summed E-state index contributed by atoms with van der Waals surface area (Å²) in [5.41, 5.74) is 1.02. The maximum absolute atomic E-state index is 10.7. The van der Waals surface area contributed by atoms with Crippen LogP contribution in [-0.2, 0) is 11.2 Å². The van der Waals surface area contributed by atoms with Crippen molar-refractivity contribution in [2.45, 2.75) is 19.8 Å². The van der Waals surface area contributed by atoms with Crippen molar-refractivity contribution in [2.24, 2.45) is 5.92 Å². The number of aryl methyl sites for hydroxylation is 1. The molecule has 5 nitrogen and oxygen atoms in total. The van der Waals surface area contributed by atoms with E-state index in [-0.39, 0.29) is 5.92 Å². The summed E-state index contributed by atoms with van der Waals surface area (Å²) in [6.07, 6.45) is 3.54. The number of carboxylic acids is 1. The van der Waals surface area contributed by atoms with E-state index in [0.717, 1.165) is 24.4 Å². The van der Waals surface area contributed by atoms with Gasteiger partial charge in [0.15, 0.2) is 0 Å². The SMILES string of the molecule is CCCc1cc(N2CC(C(=O)O)C2)ncn1. The fourth-order valence-corrected chi connectivity index (χ4v) is 1.77. The number of aromatic nitrogens is 2. The number of anilines is 1. The highest BCUT2D eigenvalue weighted by molar-refractivity contribution is 5.74. The number of rotatable bonds is 4. The molecule has 2 heterocycles. The van der Waals surface area contributed by atoms with Crippen LogP contribution in [0.15, 0.2) is 12.4 Å². The number of nitrogens with zero attached hydrogens (tertiary/aromatic N) is 3. The molecule has 0 atom stereocenters. The lowest BCUT2D eigenvalue weighted by molar-refractivity contribution is -0.142. The molecule has 0 spiro atoms. The summed E-state index contributed by atoms with van der Waals surface area (Å²) in [6.45, 7) is 3.21. The Labute approximate surface area is 94.1 Å². The van der Waals surface area contributed by atoms with Gasteiger partial charge in [0.25, 0.3) is 0 Å². The van der Waals surface area contributed by atoms with E-state index in [0.29, 0.717) is 13.1 Å². The molecule has 0 amide bonds. The predicted molar refractivity (Wildman–Crippen MR) is 59.4 cm³/mol. The number of carboxylic acid groups (broad SMARTS) is 1. The first-order valence-electron chi connectivity index (χ1n) is 5.49. The van der Waals surface area contributed by atoms with Gasteiger partial charge < -0.3 is 10.0 Å². The molecule has 5 heteroatoms. The number of aliphatic carboxylic acids is 1. The molecule has 0 radical (unpaired) electrons. The fourth-order valence-electron chi connectivity index (χ4n) is 1.77. The van der Waals surface area contributed by atoms with Crippen molar-refractivity contribution in [3.8, 4) is 0 Å². The van der Waals surface area contributed by atoms with E-state index in [9.17, 15) is 4.79 Å². The van der Waals surface area contributed by atoms with Crippen molar-refractivity contribution in [3.05, 3.63) is 18.1 Å². The number of hydrogen-bond donors (Lipinski definition) is 1. The normalized spacial score (nSPS) is 15.9. The van der Waals surface area contributed by atoms with Crippen LogP contribution in [0.25, 0.3) is 0 Å². The smallest absolute Gasteiger partial charge is 0.310 e. The molecule has 1 saturated heterocycles. The van der Waals surface area contributed by atoms with Crippen LogP contribution in [0.2, 0.25) is 0 Å². The molecule has 0 aromatic carbocycles. The lowest BCUT2D eigenvalue weighted by atomic mass is 10.0. The first-order chi connectivity index (χ1) is 7.70. The van der Waals surface area contributed by atoms with Crippen LogP contribution in [-0.4, -0.2) is 34.1 Å². The van der Waals surface area contributed by atoms with Gasteiger partial charge in [0.05, 0.1) is 5.92 Å². The average molecular weight is 221 g/mol. The average Bonchev–Trinajstić information content (AvgIpc) is 2.15. The monoisotopic (exact) mass is 221 g/mol. The number of carbonyl (C=O) groups is 1. The van der Waals surface area contributed by atoms with Gasteiger partial charge in [-0.05, 0) is 6.42 Å². The largest absolute Gasteiger partial charge is 0.481 e. The Morgan fingerprint density at radius 2 is 2.31 bits per heavy atom. The summed E-state index contributed by atoms with van der Waals surface area (Å²) in [6, 6.07) is 1.95. The maximum atomic E-state index is 10.7. The van der Waals surface area contributed by atoms with Crippen molar-refractivity contribution < 1.29 is 9.90 Å². The fraction of sp³-hybridized carbons (Fsp3) is 0.545. The van der Waals surface area contributed by atoms with Crippen molar-refractivity contribution in [2.75, 3.05) is 18.0 Å². The van der Waals surface area contributed by atoms with Crippen LogP contribution in [0.1, 0.15) is 19.0 Å². The highest BCUT2D eigenvalue weighted by Gasteiger charge is 2.33. The van der Waals surface area contributed by atoms with Crippen LogP contribution in [0, 0.1) is 5.92 Å². The second-order valence-corrected chi connectivity index (χ2v) is 4.06. The molecule has 0 aliphatic carbocycles. The zero-order chi connectivity index (χ0) is 11.5. The van der Waals surface area contributed by atoms with E-state index in [1.54, 1.807) is 6.33 Å². The van der Waals surface area contributed by atoms with Crippen LogP contribution in [0.3, 0.4) is 0 Å². The first-order valence-corrected chi connectivity index (χ1v) is 5.49. The van der Waals surface area contributed by atoms with E-state index in [1.807, 2.05) is 11.0 Å². The molecule has 0 bridgehead atoms. The molecule has 1 aliphatic heterocycles. The highest BCUT2D eigenvalue weighted by Crippen LogP contribution is 2.22. The molecule has 2 rings (SSSR count). The van der Waals surface area contributed by atoms with Gasteiger partial charge in [0.1, 0.15) is 12.1 Å². The minimum absolute atomic E-state index is 0.246. The van der Waals surface area contributed by atoms with Gasteiger partial charge in [-0.1, -0.05) is 13.3 Å². The molecule has 1 aliphatic rings. The van der Waals surface area contributed by atoms with Gasteiger partial charge in [-0.15, -0.1) is 0 Å². The van der Waals surface area contributed by atoms with Crippen molar-refractivity contribution in [1.82, 2.24) is 9.97 Å². The molecule has 16 heavy (non-hydrogen) atoms. The third-order valence-electron chi connectivity index (χ3n) is 2.77. The molecule has 1 N–H and O–H groups in total. The second-order valence-electron chi connectivity index (χ2n) is 4.06. The van der Waals surface area contributed by atoms with E-state index in [4.69, 9.17) is 5.11 Å². The molecule has 86 valence electrons. The molecule has 0 saturated carbocycles. The quantitative estimate of drug-likeness (QED) is 0.820. The Balaban J connectivity index is 2.00. The Kier molecular flexibility index (Phi) is 3.03. The summed E-state index contributed by atoms with van der Waals surface area (Å²) in [4.78, 5) is 21.0. The van der Waals surface area contributed by atoms with E-state index < -0.39 is 5.97 Å². The standard InChI is InChI=1S/C11H15N3O2/c1-2-3-9-4-10(13-7-12-9)14-5-8(6-14)11(15)16/h4,7-8H,2-3,5-6H2,1H3,(H,15,16). The molecule has 0 unspecified atom stereocenters.